The highest BCUT2D eigenvalue weighted by atomic mass is 32.2. The number of carbonyl (C=O) groups excluding carboxylic acids is 1. The van der Waals surface area contributed by atoms with Gasteiger partial charge in [-0.15, -0.1) is 0 Å². The lowest BCUT2D eigenvalue weighted by Gasteiger charge is -2.31. The fourth-order valence-corrected chi connectivity index (χ4v) is 4.68. The maximum atomic E-state index is 12.8. The first-order valence-electron chi connectivity index (χ1n) is 8.90. The molecule has 0 unspecified atom stereocenters. The van der Waals surface area contributed by atoms with E-state index >= 15 is 0 Å². The van der Waals surface area contributed by atoms with Crippen LogP contribution in [-0.2, 0) is 10.0 Å². The molecule has 0 radical (unpaired) electrons. The Morgan fingerprint density at radius 1 is 1.14 bits per heavy atom. The van der Waals surface area contributed by atoms with Crippen molar-refractivity contribution in [1.82, 2.24) is 9.62 Å². The average molecular weight is 403 g/mol. The number of aryl methyl sites for hydroxylation is 1. The lowest BCUT2D eigenvalue weighted by Crippen LogP contribution is -2.46. The van der Waals surface area contributed by atoms with E-state index in [9.17, 15) is 23.3 Å². The average Bonchev–Trinajstić information content (AvgIpc) is 2.69. The zero-order chi connectivity index (χ0) is 20.3. The van der Waals surface area contributed by atoms with Gasteiger partial charge in [-0.05, 0) is 38.0 Å². The summed E-state index contributed by atoms with van der Waals surface area (Å²) in [6.45, 7) is 2.04. The van der Waals surface area contributed by atoms with E-state index in [4.69, 9.17) is 0 Å². The van der Waals surface area contributed by atoms with E-state index in [2.05, 4.69) is 5.32 Å². The number of benzene rings is 2. The van der Waals surface area contributed by atoms with E-state index in [-0.39, 0.29) is 35.6 Å². The number of piperidine rings is 1. The predicted octanol–water partition coefficient (Wildman–Crippen LogP) is 2.49. The normalized spacial score (nSPS) is 15.9. The minimum atomic E-state index is -3.82. The van der Waals surface area contributed by atoms with Crippen LogP contribution in [0.4, 0.5) is 5.69 Å². The number of hydrogen-bond acceptors (Lipinski definition) is 5. The molecule has 1 aliphatic rings. The molecule has 0 saturated carbocycles. The van der Waals surface area contributed by atoms with Crippen LogP contribution in [0.2, 0.25) is 0 Å². The number of rotatable bonds is 5. The molecule has 0 atom stereocenters. The lowest BCUT2D eigenvalue weighted by atomic mass is 10.1. The molecule has 1 fully saturated rings. The molecular formula is C19H21N3O5S. The number of hydrogen-bond donors (Lipinski definition) is 1. The Morgan fingerprint density at radius 2 is 1.79 bits per heavy atom. The van der Waals surface area contributed by atoms with Crippen LogP contribution in [0.3, 0.4) is 0 Å². The highest BCUT2D eigenvalue weighted by Gasteiger charge is 2.31. The van der Waals surface area contributed by atoms with Crippen molar-refractivity contribution in [2.75, 3.05) is 13.1 Å². The van der Waals surface area contributed by atoms with E-state index in [1.165, 1.54) is 16.4 Å². The van der Waals surface area contributed by atoms with Gasteiger partial charge in [-0.25, -0.2) is 8.42 Å². The molecule has 3 rings (SSSR count). The van der Waals surface area contributed by atoms with Crippen LogP contribution in [0.5, 0.6) is 0 Å². The molecule has 1 aliphatic heterocycles. The van der Waals surface area contributed by atoms with Crippen LogP contribution in [0.15, 0.2) is 53.4 Å². The first kappa shape index (κ1) is 20.0. The number of nitro benzene ring substituents is 1. The fourth-order valence-electron chi connectivity index (χ4n) is 3.19. The summed E-state index contributed by atoms with van der Waals surface area (Å²) in [6, 6.07) is 12.7. The van der Waals surface area contributed by atoms with Crippen molar-refractivity contribution in [3.8, 4) is 0 Å². The van der Waals surface area contributed by atoms with E-state index in [1.807, 2.05) is 6.07 Å². The summed E-state index contributed by atoms with van der Waals surface area (Å²) in [6.07, 6.45) is 0.956. The van der Waals surface area contributed by atoms with Crippen LogP contribution >= 0.6 is 0 Å². The third-order valence-electron chi connectivity index (χ3n) is 4.84. The molecule has 0 bridgehead atoms. The highest BCUT2D eigenvalue weighted by Crippen LogP contribution is 2.26. The topological polar surface area (TPSA) is 110 Å². The van der Waals surface area contributed by atoms with Crippen LogP contribution in [0.1, 0.15) is 28.8 Å². The van der Waals surface area contributed by atoms with Gasteiger partial charge < -0.3 is 5.32 Å². The zero-order valence-electron chi connectivity index (χ0n) is 15.4. The van der Waals surface area contributed by atoms with Crippen molar-refractivity contribution in [2.24, 2.45) is 0 Å². The molecule has 8 nitrogen and oxygen atoms in total. The van der Waals surface area contributed by atoms with E-state index in [1.54, 1.807) is 31.2 Å². The number of nitrogens with one attached hydrogen (secondary N) is 1. The summed E-state index contributed by atoms with van der Waals surface area (Å²) >= 11 is 0. The Hall–Kier alpha value is -2.78. The van der Waals surface area contributed by atoms with E-state index in [0.29, 0.717) is 24.0 Å². The Balaban J connectivity index is 1.66. The molecule has 1 amide bonds. The number of carbonyl (C=O) groups is 1. The first-order chi connectivity index (χ1) is 13.3. The number of sulfonamides is 1. The summed E-state index contributed by atoms with van der Waals surface area (Å²) in [5.74, 6) is -0.184. The molecule has 0 aromatic heterocycles. The van der Waals surface area contributed by atoms with Crippen molar-refractivity contribution in [3.63, 3.8) is 0 Å². The second-order valence-corrected chi connectivity index (χ2v) is 8.66. The van der Waals surface area contributed by atoms with Crippen LogP contribution in [-0.4, -0.2) is 42.7 Å². The second kappa shape index (κ2) is 8.07. The molecule has 2 aromatic rings. The molecule has 0 spiro atoms. The van der Waals surface area contributed by atoms with Gasteiger partial charge in [0.15, 0.2) is 0 Å². The number of nitro groups is 1. The van der Waals surface area contributed by atoms with Gasteiger partial charge in [0, 0.05) is 36.3 Å². The van der Waals surface area contributed by atoms with Gasteiger partial charge >= 0.3 is 0 Å². The summed E-state index contributed by atoms with van der Waals surface area (Å²) in [4.78, 5) is 22.7. The van der Waals surface area contributed by atoms with Gasteiger partial charge in [-0.2, -0.15) is 4.31 Å². The molecule has 2 aromatic carbocycles. The maximum Gasteiger partial charge on any atom is 0.273 e. The largest absolute Gasteiger partial charge is 0.349 e. The van der Waals surface area contributed by atoms with Crippen molar-refractivity contribution in [3.05, 3.63) is 69.8 Å². The minimum absolute atomic E-state index is 0.0865. The zero-order valence-corrected chi connectivity index (χ0v) is 16.2. The van der Waals surface area contributed by atoms with Gasteiger partial charge in [0.05, 0.1) is 9.82 Å². The first-order valence-corrected chi connectivity index (χ1v) is 10.3. The third kappa shape index (κ3) is 4.20. The van der Waals surface area contributed by atoms with Crippen LogP contribution in [0.25, 0.3) is 0 Å². The standard InChI is InChI=1S/C19H21N3O5S/c1-14-7-8-17(13-18(14)22(24)25)28(26,27)21-11-9-16(10-12-21)20-19(23)15-5-3-2-4-6-15/h2-8,13,16H,9-12H2,1H3,(H,20,23). The van der Waals surface area contributed by atoms with Crippen molar-refractivity contribution in [1.29, 1.82) is 0 Å². The maximum absolute atomic E-state index is 12.8. The molecule has 9 heteroatoms. The molecule has 0 aliphatic carbocycles. The smallest absolute Gasteiger partial charge is 0.273 e. The Kier molecular flexibility index (Phi) is 5.76. The molecule has 28 heavy (non-hydrogen) atoms. The lowest BCUT2D eigenvalue weighted by molar-refractivity contribution is -0.385. The quantitative estimate of drug-likeness (QED) is 0.609. The summed E-state index contributed by atoms with van der Waals surface area (Å²) < 4.78 is 27.0. The van der Waals surface area contributed by atoms with Gasteiger partial charge in [0.2, 0.25) is 10.0 Å². The molecule has 1 saturated heterocycles. The van der Waals surface area contributed by atoms with Gasteiger partial charge in [0.25, 0.3) is 11.6 Å². The second-order valence-electron chi connectivity index (χ2n) is 6.72. The van der Waals surface area contributed by atoms with Crippen LogP contribution < -0.4 is 5.32 Å². The van der Waals surface area contributed by atoms with Crippen LogP contribution in [0, 0.1) is 17.0 Å². The van der Waals surface area contributed by atoms with Gasteiger partial charge in [-0.1, -0.05) is 24.3 Å². The molecular weight excluding hydrogens is 382 g/mol. The molecule has 1 heterocycles. The van der Waals surface area contributed by atoms with E-state index < -0.39 is 14.9 Å². The predicted molar refractivity (Wildman–Crippen MR) is 104 cm³/mol. The minimum Gasteiger partial charge on any atom is -0.349 e. The Labute approximate surface area is 163 Å². The van der Waals surface area contributed by atoms with E-state index in [0.717, 1.165) is 6.07 Å². The fraction of sp³-hybridized carbons (Fsp3) is 0.316. The third-order valence-corrected chi connectivity index (χ3v) is 6.73. The van der Waals surface area contributed by atoms with Crippen molar-refractivity contribution < 1.29 is 18.1 Å². The summed E-state index contributed by atoms with van der Waals surface area (Å²) in [7, 11) is -3.82. The van der Waals surface area contributed by atoms with Crippen molar-refractivity contribution in [2.45, 2.75) is 30.7 Å². The Morgan fingerprint density at radius 3 is 2.39 bits per heavy atom. The molecule has 148 valence electrons. The number of nitrogens with zero attached hydrogens (tertiary/aromatic N) is 2. The number of amides is 1. The highest BCUT2D eigenvalue weighted by molar-refractivity contribution is 7.89. The van der Waals surface area contributed by atoms with Gasteiger partial charge in [0.1, 0.15) is 0 Å². The summed E-state index contributed by atoms with van der Waals surface area (Å²) in [5.41, 5.74) is 0.752. The SMILES string of the molecule is Cc1ccc(S(=O)(=O)N2CCC(NC(=O)c3ccccc3)CC2)cc1[N+](=O)[O-]. The van der Waals surface area contributed by atoms with Crippen molar-refractivity contribution >= 4 is 21.6 Å². The summed E-state index contributed by atoms with van der Waals surface area (Å²) in [5, 5.41) is 14.0. The monoisotopic (exact) mass is 403 g/mol. The van der Waals surface area contributed by atoms with Gasteiger partial charge in [-0.3, -0.25) is 14.9 Å². The molecule has 1 N–H and O–H groups in total. The Bertz CT molecular complexity index is 984.